The Morgan fingerprint density at radius 3 is 2.35 bits per heavy atom. The van der Waals surface area contributed by atoms with Crippen molar-refractivity contribution in [1.29, 1.82) is 0 Å². The smallest absolute Gasteiger partial charge is 0.314 e. The lowest BCUT2D eigenvalue weighted by Gasteiger charge is -2.11. The zero-order chi connectivity index (χ0) is 15.1. The van der Waals surface area contributed by atoms with Crippen LogP contribution in [0.25, 0.3) is 0 Å². The highest BCUT2D eigenvalue weighted by Gasteiger charge is 2.74. The molecule has 1 N–H and O–H groups in total. The first-order valence-corrected chi connectivity index (χ1v) is 7.87. The molecular weight excluding hydrogens is 287 g/mol. The van der Waals surface area contributed by atoms with E-state index in [9.17, 15) is 22.7 Å². The molecule has 3 atom stereocenters. The number of hydrogen-bond donors (Lipinski definition) is 1. The average Bonchev–Trinajstić information content (AvgIpc) is 3.01. The van der Waals surface area contributed by atoms with Crippen LogP contribution in [0, 0.1) is 11.2 Å². The zero-order valence-corrected chi connectivity index (χ0v) is 11.9. The van der Waals surface area contributed by atoms with E-state index in [2.05, 4.69) is 0 Å². The summed E-state index contributed by atoms with van der Waals surface area (Å²) in [6.45, 7) is -0.206. The average molecular weight is 302 g/mol. The van der Waals surface area contributed by atoms with Crippen LogP contribution >= 0.6 is 0 Å². The third kappa shape index (κ3) is 2.20. The van der Waals surface area contributed by atoms with E-state index in [-0.39, 0.29) is 6.61 Å². The van der Waals surface area contributed by atoms with Gasteiger partial charge in [-0.15, -0.1) is 0 Å². The first-order valence-electron chi connectivity index (χ1n) is 5.92. The lowest BCUT2D eigenvalue weighted by molar-refractivity contribution is -0.145. The Kier molecular flexibility index (Phi) is 3.60. The molecule has 0 unspecified atom stereocenters. The van der Waals surface area contributed by atoms with E-state index in [0.29, 0.717) is 5.56 Å². The summed E-state index contributed by atoms with van der Waals surface area (Å²) in [6.07, 6.45) is 1.01. The van der Waals surface area contributed by atoms with Crippen molar-refractivity contribution < 1.29 is 27.4 Å². The Bertz CT molecular complexity index is 625. The van der Waals surface area contributed by atoms with Crippen LogP contribution in [0.5, 0.6) is 0 Å². The molecule has 0 saturated heterocycles. The maximum absolute atomic E-state index is 12.9. The number of carboxylic acids is 1. The largest absolute Gasteiger partial charge is 0.481 e. The number of ether oxygens (including phenoxy) is 1. The summed E-state index contributed by atoms with van der Waals surface area (Å²) in [4.78, 5) is 11.6. The van der Waals surface area contributed by atoms with Crippen molar-refractivity contribution in [1.82, 2.24) is 0 Å². The van der Waals surface area contributed by atoms with Crippen LogP contribution in [0.1, 0.15) is 11.5 Å². The minimum absolute atomic E-state index is 0.206. The number of carboxylic acid groups (broad SMARTS) is 1. The van der Waals surface area contributed by atoms with Crippen molar-refractivity contribution >= 4 is 15.8 Å². The maximum atomic E-state index is 12.9. The van der Waals surface area contributed by atoms with Crippen LogP contribution in [-0.2, 0) is 19.4 Å². The molecule has 1 aromatic rings. The standard InChI is InChI=1S/C13H15FO5S/c1-19-7-13(12(15)16)10(11(13)20(2,17)18)8-3-5-9(14)6-4-8/h3-6,10-11H,7H2,1-2H3,(H,15,16)/t10-,11+,13-/m0/s1. The summed E-state index contributed by atoms with van der Waals surface area (Å²) in [5, 5.41) is 8.38. The number of benzene rings is 1. The molecule has 1 fully saturated rings. The van der Waals surface area contributed by atoms with E-state index in [1.165, 1.54) is 31.4 Å². The normalized spacial score (nSPS) is 29.1. The molecule has 110 valence electrons. The molecule has 0 aromatic heterocycles. The van der Waals surface area contributed by atoms with Gasteiger partial charge in [0.05, 0.1) is 11.9 Å². The lowest BCUT2D eigenvalue weighted by Crippen LogP contribution is -2.28. The van der Waals surface area contributed by atoms with Gasteiger partial charge >= 0.3 is 5.97 Å². The van der Waals surface area contributed by atoms with Crippen molar-refractivity contribution in [3.63, 3.8) is 0 Å². The van der Waals surface area contributed by atoms with Gasteiger partial charge < -0.3 is 9.84 Å². The molecule has 1 aliphatic carbocycles. The molecule has 0 amide bonds. The van der Waals surface area contributed by atoms with Gasteiger partial charge in [0.15, 0.2) is 9.84 Å². The second kappa shape index (κ2) is 4.82. The molecule has 0 aliphatic heterocycles. The zero-order valence-electron chi connectivity index (χ0n) is 11.0. The number of rotatable bonds is 5. The molecule has 0 radical (unpaired) electrons. The van der Waals surface area contributed by atoms with Gasteiger partial charge in [-0.05, 0) is 17.7 Å². The molecular formula is C13H15FO5S. The lowest BCUT2D eigenvalue weighted by atomic mass is 10.00. The molecule has 2 rings (SSSR count). The van der Waals surface area contributed by atoms with Gasteiger partial charge in [0, 0.05) is 19.3 Å². The van der Waals surface area contributed by atoms with Gasteiger partial charge in [-0.25, -0.2) is 12.8 Å². The number of hydrogen-bond acceptors (Lipinski definition) is 4. The monoisotopic (exact) mass is 302 g/mol. The van der Waals surface area contributed by atoms with E-state index < -0.39 is 38.2 Å². The van der Waals surface area contributed by atoms with E-state index in [4.69, 9.17) is 4.74 Å². The number of aliphatic carboxylic acids is 1. The Labute approximate surface area is 116 Å². The molecule has 20 heavy (non-hydrogen) atoms. The van der Waals surface area contributed by atoms with E-state index in [0.717, 1.165) is 6.26 Å². The first-order chi connectivity index (χ1) is 9.25. The van der Waals surface area contributed by atoms with Gasteiger partial charge in [-0.2, -0.15) is 0 Å². The van der Waals surface area contributed by atoms with Crippen LogP contribution in [-0.4, -0.2) is 44.7 Å². The second-order valence-corrected chi connectivity index (χ2v) is 7.22. The summed E-state index contributed by atoms with van der Waals surface area (Å²) in [7, 11) is -2.24. The highest BCUT2D eigenvalue weighted by molar-refractivity contribution is 7.91. The fraction of sp³-hybridized carbons (Fsp3) is 0.462. The third-order valence-corrected chi connectivity index (χ3v) is 5.34. The van der Waals surface area contributed by atoms with Gasteiger partial charge in [0.2, 0.25) is 0 Å². The molecule has 1 saturated carbocycles. The molecule has 1 aliphatic rings. The van der Waals surface area contributed by atoms with Crippen LogP contribution in [0.15, 0.2) is 24.3 Å². The first kappa shape index (κ1) is 14.9. The molecule has 5 nitrogen and oxygen atoms in total. The van der Waals surface area contributed by atoms with Gasteiger partial charge in [-0.3, -0.25) is 4.79 Å². The Hall–Kier alpha value is -1.47. The highest BCUT2D eigenvalue weighted by atomic mass is 32.2. The second-order valence-electron chi connectivity index (χ2n) is 5.06. The Morgan fingerprint density at radius 1 is 1.40 bits per heavy atom. The predicted octanol–water partition coefficient (Wildman–Crippen LogP) is 1.05. The van der Waals surface area contributed by atoms with Crippen molar-refractivity contribution in [3.8, 4) is 0 Å². The summed E-state index contributed by atoms with van der Waals surface area (Å²) >= 11 is 0. The van der Waals surface area contributed by atoms with Crippen molar-refractivity contribution in [2.24, 2.45) is 5.41 Å². The van der Waals surface area contributed by atoms with Crippen LogP contribution in [0.3, 0.4) is 0 Å². The minimum Gasteiger partial charge on any atom is -0.481 e. The Morgan fingerprint density at radius 2 is 1.95 bits per heavy atom. The summed E-state index contributed by atoms with van der Waals surface area (Å²) in [5.74, 6) is -2.40. The summed E-state index contributed by atoms with van der Waals surface area (Å²) < 4.78 is 41.5. The van der Waals surface area contributed by atoms with Crippen LogP contribution in [0.2, 0.25) is 0 Å². The number of sulfone groups is 1. The van der Waals surface area contributed by atoms with Crippen molar-refractivity contribution in [2.45, 2.75) is 11.2 Å². The third-order valence-electron chi connectivity index (χ3n) is 3.73. The summed E-state index contributed by atoms with van der Waals surface area (Å²) in [6, 6.07) is 5.20. The molecule has 0 spiro atoms. The summed E-state index contributed by atoms with van der Waals surface area (Å²) in [5.41, 5.74) is -1.01. The van der Waals surface area contributed by atoms with Crippen LogP contribution < -0.4 is 0 Å². The quantitative estimate of drug-likeness (QED) is 0.879. The number of carbonyl (C=O) groups is 1. The molecule has 0 bridgehead atoms. The maximum Gasteiger partial charge on any atom is 0.314 e. The highest BCUT2D eigenvalue weighted by Crippen LogP contribution is 2.63. The molecule has 1 aromatic carbocycles. The number of methoxy groups -OCH3 is 1. The van der Waals surface area contributed by atoms with Crippen molar-refractivity contribution in [2.75, 3.05) is 20.0 Å². The predicted molar refractivity (Wildman–Crippen MR) is 69.7 cm³/mol. The molecule has 0 heterocycles. The van der Waals surface area contributed by atoms with Gasteiger partial charge in [0.25, 0.3) is 0 Å². The SMILES string of the molecule is COC[C@@]1(C(=O)O)[C@H](S(C)(=O)=O)[C@@H]1c1ccc(F)cc1. The van der Waals surface area contributed by atoms with Crippen molar-refractivity contribution in [3.05, 3.63) is 35.6 Å². The van der Waals surface area contributed by atoms with E-state index in [1.807, 2.05) is 0 Å². The van der Waals surface area contributed by atoms with Crippen LogP contribution in [0.4, 0.5) is 4.39 Å². The van der Waals surface area contributed by atoms with Gasteiger partial charge in [0.1, 0.15) is 11.2 Å². The van der Waals surface area contributed by atoms with E-state index >= 15 is 0 Å². The van der Waals surface area contributed by atoms with E-state index in [1.54, 1.807) is 0 Å². The van der Waals surface area contributed by atoms with Gasteiger partial charge in [-0.1, -0.05) is 12.1 Å². The topological polar surface area (TPSA) is 80.7 Å². The fourth-order valence-corrected chi connectivity index (χ4v) is 4.80. The Balaban J connectivity index is 2.49. The fourth-order valence-electron chi connectivity index (χ4n) is 2.90. The molecule has 7 heteroatoms. The minimum atomic E-state index is -3.57. The number of halogens is 1.